The molecular weight excluding hydrogens is 337 g/mol. The van der Waals surface area contributed by atoms with E-state index in [0.717, 1.165) is 9.35 Å². The predicted molar refractivity (Wildman–Crippen MR) is 76.9 cm³/mol. The van der Waals surface area contributed by atoms with Crippen LogP contribution in [0.4, 0.5) is 4.39 Å². The number of allylic oxidation sites excluding steroid dienone is 1. The zero-order valence-corrected chi connectivity index (χ0v) is 12.1. The molecule has 0 N–H and O–H groups in total. The van der Waals surface area contributed by atoms with Crippen LogP contribution in [0, 0.1) is 17.1 Å². The molecular formula is C13H6BrClFNS. The average Bonchev–Trinajstić information content (AvgIpc) is 2.72. The molecule has 5 heteroatoms. The van der Waals surface area contributed by atoms with E-state index >= 15 is 0 Å². The molecule has 0 atom stereocenters. The van der Waals surface area contributed by atoms with Gasteiger partial charge in [0, 0.05) is 25.3 Å². The first kappa shape index (κ1) is 13.3. The molecule has 0 aliphatic rings. The minimum atomic E-state index is -0.495. The van der Waals surface area contributed by atoms with Gasteiger partial charge < -0.3 is 0 Å². The van der Waals surface area contributed by atoms with Gasteiger partial charge >= 0.3 is 0 Å². The van der Waals surface area contributed by atoms with Gasteiger partial charge in [0.25, 0.3) is 0 Å². The Bertz CT molecular complexity index is 657. The molecule has 0 saturated heterocycles. The lowest BCUT2D eigenvalue weighted by atomic mass is 10.1. The molecule has 0 amide bonds. The van der Waals surface area contributed by atoms with E-state index in [-0.39, 0.29) is 11.1 Å². The largest absolute Gasteiger partial charge is 0.206 e. The van der Waals surface area contributed by atoms with Crippen molar-refractivity contribution >= 4 is 50.5 Å². The highest BCUT2D eigenvalue weighted by atomic mass is 79.9. The average molecular weight is 343 g/mol. The summed E-state index contributed by atoms with van der Waals surface area (Å²) in [5.74, 6) is -0.495. The Balaban J connectivity index is 2.46. The summed E-state index contributed by atoms with van der Waals surface area (Å²) in [7, 11) is 0. The molecule has 1 aromatic heterocycles. The van der Waals surface area contributed by atoms with Crippen molar-refractivity contribution < 1.29 is 4.39 Å². The van der Waals surface area contributed by atoms with E-state index in [4.69, 9.17) is 16.9 Å². The van der Waals surface area contributed by atoms with Gasteiger partial charge in [0.2, 0.25) is 0 Å². The summed E-state index contributed by atoms with van der Waals surface area (Å²) in [6.07, 6.45) is 1.65. The quantitative estimate of drug-likeness (QED) is 0.673. The van der Waals surface area contributed by atoms with Gasteiger partial charge in [0.15, 0.2) is 0 Å². The number of thiophene rings is 1. The summed E-state index contributed by atoms with van der Waals surface area (Å²) in [6, 6.07) is 8.15. The summed E-state index contributed by atoms with van der Waals surface area (Å²) < 4.78 is 14.7. The van der Waals surface area contributed by atoms with Gasteiger partial charge in [-0.2, -0.15) is 5.26 Å². The van der Waals surface area contributed by atoms with E-state index < -0.39 is 5.82 Å². The molecule has 2 rings (SSSR count). The molecule has 0 fully saturated rings. The Kier molecular flexibility index (Phi) is 4.18. The van der Waals surface area contributed by atoms with Crippen LogP contribution >= 0.6 is 38.9 Å². The fourth-order valence-electron chi connectivity index (χ4n) is 1.42. The molecule has 0 saturated carbocycles. The van der Waals surface area contributed by atoms with Crippen LogP contribution in [0.5, 0.6) is 0 Å². The highest BCUT2D eigenvalue weighted by Gasteiger charge is 2.08. The molecule has 18 heavy (non-hydrogen) atoms. The SMILES string of the molecule is N#CC(=Cc1cc(Br)cs1)c1ccc(Cl)cc1F. The topological polar surface area (TPSA) is 23.8 Å². The molecule has 0 aliphatic carbocycles. The molecule has 1 nitrogen and oxygen atoms in total. The predicted octanol–water partition coefficient (Wildman–Crippen LogP) is 5.37. The van der Waals surface area contributed by atoms with Crippen LogP contribution in [0.3, 0.4) is 0 Å². The maximum absolute atomic E-state index is 13.7. The third-order valence-electron chi connectivity index (χ3n) is 2.22. The summed E-state index contributed by atoms with van der Waals surface area (Å²) in [4.78, 5) is 0.882. The van der Waals surface area contributed by atoms with Gasteiger partial charge in [-0.15, -0.1) is 11.3 Å². The van der Waals surface area contributed by atoms with Crippen LogP contribution in [0.25, 0.3) is 11.6 Å². The second-order valence-corrected chi connectivity index (χ2v) is 5.76. The molecule has 0 unspecified atom stereocenters. The third-order valence-corrected chi connectivity index (χ3v) is 4.09. The summed E-state index contributed by atoms with van der Waals surface area (Å²) in [6.45, 7) is 0. The Morgan fingerprint density at radius 2 is 2.22 bits per heavy atom. The fourth-order valence-corrected chi connectivity index (χ4v) is 2.96. The number of hydrogen-bond acceptors (Lipinski definition) is 2. The molecule has 0 bridgehead atoms. The van der Waals surface area contributed by atoms with Crippen molar-refractivity contribution in [3.63, 3.8) is 0 Å². The minimum Gasteiger partial charge on any atom is -0.206 e. The summed E-state index contributed by atoms with van der Waals surface area (Å²) in [5.41, 5.74) is 0.532. The van der Waals surface area contributed by atoms with Crippen molar-refractivity contribution in [3.05, 3.63) is 55.4 Å². The van der Waals surface area contributed by atoms with Gasteiger partial charge in [0.1, 0.15) is 5.82 Å². The minimum absolute atomic E-state index is 0.256. The number of hydrogen-bond donors (Lipinski definition) is 0. The van der Waals surface area contributed by atoms with Crippen LogP contribution in [0.15, 0.2) is 34.1 Å². The van der Waals surface area contributed by atoms with E-state index in [0.29, 0.717) is 5.02 Å². The highest BCUT2D eigenvalue weighted by molar-refractivity contribution is 9.10. The summed E-state index contributed by atoms with van der Waals surface area (Å²) >= 11 is 10.5. The Hall–Kier alpha value is -1.15. The maximum atomic E-state index is 13.7. The first-order valence-electron chi connectivity index (χ1n) is 4.91. The van der Waals surface area contributed by atoms with E-state index in [1.165, 1.54) is 23.5 Å². The lowest BCUT2D eigenvalue weighted by Crippen LogP contribution is -1.87. The lowest BCUT2D eigenvalue weighted by Gasteiger charge is -2.01. The van der Waals surface area contributed by atoms with Crippen molar-refractivity contribution in [2.75, 3.05) is 0 Å². The Labute approximate surface area is 121 Å². The van der Waals surface area contributed by atoms with Gasteiger partial charge in [-0.3, -0.25) is 0 Å². The molecule has 0 radical (unpaired) electrons. The van der Waals surface area contributed by atoms with E-state index in [1.54, 1.807) is 12.1 Å². The van der Waals surface area contributed by atoms with Gasteiger partial charge in [0.05, 0.1) is 11.6 Å². The van der Waals surface area contributed by atoms with E-state index in [1.807, 2.05) is 17.5 Å². The van der Waals surface area contributed by atoms with Crippen molar-refractivity contribution in [1.82, 2.24) is 0 Å². The van der Waals surface area contributed by atoms with Crippen LogP contribution in [0.1, 0.15) is 10.4 Å². The Morgan fingerprint density at radius 3 is 2.78 bits per heavy atom. The van der Waals surface area contributed by atoms with Crippen LogP contribution < -0.4 is 0 Å². The number of nitrogens with zero attached hydrogens (tertiary/aromatic N) is 1. The molecule has 0 spiro atoms. The number of benzene rings is 1. The van der Waals surface area contributed by atoms with Crippen LogP contribution in [-0.2, 0) is 0 Å². The van der Waals surface area contributed by atoms with Gasteiger partial charge in [-0.1, -0.05) is 11.6 Å². The van der Waals surface area contributed by atoms with Crippen LogP contribution in [0.2, 0.25) is 5.02 Å². The first-order chi connectivity index (χ1) is 8.60. The molecule has 1 aromatic carbocycles. The second-order valence-electron chi connectivity index (χ2n) is 3.46. The zero-order valence-electron chi connectivity index (χ0n) is 8.95. The smallest absolute Gasteiger partial charge is 0.133 e. The van der Waals surface area contributed by atoms with Gasteiger partial charge in [-0.05, 0) is 46.3 Å². The third kappa shape index (κ3) is 2.99. The molecule has 0 aliphatic heterocycles. The standard InChI is InChI=1S/C13H6BrClFNS/c14-9-4-11(18-7-9)3-8(6-17)12-2-1-10(15)5-13(12)16/h1-5,7H. The second kappa shape index (κ2) is 5.66. The van der Waals surface area contributed by atoms with Crippen LogP contribution in [-0.4, -0.2) is 0 Å². The zero-order chi connectivity index (χ0) is 13.1. The molecule has 1 heterocycles. The number of halogens is 3. The van der Waals surface area contributed by atoms with E-state index in [2.05, 4.69) is 15.9 Å². The van der Waals surface area contributed by atoms with Crippen molar-refractivity contribution in [2.45, 2.75) is 0 Å². The van der Waals surface area contributed by atoms with Gasteiger partial charge in [-0.25, -0.2) is 4.39 Å². The number of nitriles is 1. The van der Waals surface area contributed by atoms with Crippen molar-refractivity contribution in [2.24, 2.45) is 0 Å². The number of rotatable bonds is 2. The monoisotopic (exact) mass is 341 g/mol. The lowest BCUT2D eigenvalue weighted by molar-refractivity contribution is 0.624. The summed E-state index contributed by atoms with van der Waals surface area (Å²) in [5, 5.41) is 11.3. The highest BCUT2D eigenvalue weighted by Crippen LogP contribution is 2.27. The first-order valence-corrected chi connectivity index (χ1v) is 6.96. The maximum Gasteiger partial charge on any atom is 0.133 e. The Morgan fingerprint density at radius 1 is 1.44 bits per heavy atom. The van der Waals surface area contributed by atoms with E-state index in [9.17, 15) is 4.39 Å². The molecule has 90 valence electrons. The fraction of sp³-hybridized carbons (Fsp3) is 0. The van der Waals surface area contributed by atoms with Crippen molar-refractivity contribution in [3.8, 4) is 6.07 Å². The van der Waals surface area contributed by atoms with Crippen molar-refractivity contribution in [1.29, 1.82) is 5.26 Å². The molecule has 2 aromatic rings. The normalized spacial score (nSPS) is 11.3.